The van der Waals surface area contributed by atoms with Gasteiger partial charge in [-0.1, -0.05) is 54.2 Å². The van der Waals surface area contributed by atoms with Gasteiger partial charge in [-0.05, 0) is 17.7 Å². The van der Waals surface area contributed by atoms with Gasteiger partial charge < -0.3 is 0 Å². The minimum absolute atomic E-state index is 0.352. The van der Waals surface area contributed by atoms with Gasteiger partial charge in [0.15, 0.2) is 11.0 Å². The Labute approximate surface area is 119 Å². The van der Waals surface area contributed by atoms with Crippen LogP contribution in [-0.2, 0) is 0 Å². The minimum atomic E-state index is 0.352. The smallest absolute Gasteiger partial charge is 0.175 e. The van der Waals surface area contributed by atoms with Crippen LogP contribution in [0.25, 0.3) is 17.1 Å². The average molecular weight is 289 g/mol. The molecule has 0 saturated carbocycles. The van der Waals surface area contributed by atoms with E-state index in [4.69, 9.17) is 23.8 Å². The summed E-state index contributed by atoms with van der Waals surface area (Å²) in [5.74, 6) is 0.608. The maximum absolute atomic E-state index is 5.72. The largest absolute Gasteiger partial charge is 0.291 e. The third kappa shape index (κ3) is 2.43. The lowest BCUT2D eigenvalue weighted by Crippen LogP contribution is -2.00. The fraction of sp³-hybridized carbons (Fsp3) is 0. The lowest BCUT2D eigenvalue weighted by molar-refractivity contribution is 0.808. The molecule has 0 spiro atoms. The molecule has 0 aliphatic carbocycles. The third-order valence-corrected chi connectivity index (χ3v) is 3.15. The second kappa shape index (κ2) is 4.95. The van der Waals surface area contributed by atoms with Crippen molar-refractivity contribution in [2.24, 2.45) is 0 Å². The number of H-pyrrole nitrogens is 1. The molecule has 1 N–H and O–H groups in total. The highest BCUT2D eigenvalue weighted by molar-refractivity contribution is 7.71. The van der Waals surface area contributed by atoms with Crippen LogP contribution < -0.4 is 0 Å². The lowest BCUT2D eigenvalue weighted by Gasteiger charge is -2.01. The Morgan fingerprint density at radius 1 is 1.05 bits per heavy atom. The van der Waals surface area contributed by atoms with Crippen molar-refractivity contribution in [2.75, 3.05) is 0 Å². The standard InChI is InChI=1S/C13H9ClN4S/c14-11-6-7-12(16-15-11)18-13(19)8-10(17-18)9-4-2-1-3-5-9/h1-8,17H. The van der Waals surface area contributed by atoms with Crippen molar-refractivity contribution in [3.8, 4) is 17.1 Å². The van der Waals surface area contributed by atoms with E-state index < -0.39 is 0 Å². The maximum Gasteiger partial charge on any atom is 0.175 e. The number of aromatic nitrogens is 4. The Balaban J connectivity index is 2.08. The molecule has 0 radical (unpaired) electrons. The van der Waals surface area contributed by atoms with Crippen molar-refractivity contribution in [2.45, 2.75) is 0 Å². The monoisotopic (exact) mass is 288 g/mol. The first kappa shape index (κ1) is 12.1. The van der Waals surface area contributed by atoms with Gasteiger partial charge in [-0.25, -0.2) is 4.68 Å². The molecule has 0 unspecified atom stereocenters. The van der Waals surface area contributed by atoms with Crippen LogP contribution in [0.3, 0.4) is 0 Å². The van der Waals surface area contributed by atoms with Crippen molar-refractivity contribution in [3.63, 3.8) is 0 Å². The number of halogens is 1. The SMILES string of the molecule is S=c1cc(-c2ccccc2)[nH]n1-c1ccc(Cl)nn1. The van der Waals surface area contributed by atoms with E-state index in [0.717, 1.165) is 11.3 Å². The second-order valence-corrected chi connectivity index (χ2v) is 4.73. The molecule has 2 aromatic heterocycles. The summed E-state index contributed by atoms with van der Waals surface area (Å²) in [6.45, 7) is 0. The third-order valence-electron chi connectivity index (χ3n) is 2.65. The van der Waals surface area contributed by atoms with Crippen molar-refractivity contribution in [1.82, 2.24) is 20.0 Å². The summed E-state index contributed by atoms with van der Waals surface area (Å²) in [5, 5.41) is 11.4. The highest BCUT2D eigenvalue weighted by Gasteiger charge is 2.05. The van der Waals surface area contributed by atoms with Crippen LogP contribution in [0.4, 0.5) is 0 Å². The summed E-state index contributed by atoms with van der Waals surface area (Å²) in [7, 11) is 0. The van der Waals surface area contributed by atoms with E-state index in [-0.39, 0.29) is 0 Å². The number of benzene rings is 1. The zero-order valence-corrected chi connectivity index (χ0v) is 11.3. The van der Waals surface area contributed by atoms with E-state index in [0.29, 0.717) is 15.6 Å². The Morgan fingerprint density at radius 3 is 2.53 bits per heavy atom. The number of nitrogens with one attached hydrogen (secondary N) is 1. The Hall–Kier alpha value is -1.98. The van der Waals surface area contributed by atoms with Crippen LogP contribution in [0.15, 0.2) is 48.5 Å². The normalized spacial score (nSPS) is 10.6. The Kier molecular flexibility index (Phi) is 3.15. The van der Waals surface area contributed by atoms with Gasteiger partial charge in [0.2, 0.25) is 0 Å². The molecule has 0 saturated heterocycles. The van der Waals surface area contributed by atoms with Gasteiger partial charge in [-0.15, -0.1) is 10.2 Å². The molecule has 4 nitrogen and oxygen atoms in total. The van der Waals surface area contributed by atoms with E-state index in [1.54, 1.807) is 16.8 Å². The fourth-order valence-corrected chi connectivity index (χ4v) is 2.12. The average Bonchev–Trinajstić information content (AvgIpc) is 2.83. The molecule has 94 valence electrons. The molecule has 0 amide bonds. The predicted molar refractivity (Wildman–Crippen MR) is 77.0 cm³/mol. The molecule has 3 rings (SSSR count). The van der Waals surface area contributed by atoms with Gasteiger partial charge in [0, 0.05) is 6.07 Å². The highest BCUT2D eigenvalue weighted by Crippen LogP contribution is 2.18. The second-order valence-electron chi connectivity index (χ2n) is 3.92. The minimum Gasteiger partial charge on any atom is -0.291 e. The molecule has 19 heavy (non-hydrogen) atoms. The van der Waals surface area contributed by atoms with E-state index in [1.807, 2.05) is 36.4 Å². The summed E-state index contributed by atoms with van der Waals surface area (Å²) >= 11 is 11.0. The van der Waals surface area contributed by atoms with Crippen LogP contribution >= 0.6 is 23.8 Å². The van der Waals surface area contributed by atoms with Crippen LogP contribution in [0.1, 0.15) is 0 Å². The van der Waals surface area contributed by atoms with E-state index in [9.17, 15) is 0 Å². The molecule has 1 aromatic carbocycles. The molecular weight excluding hydrogens is 280 g/mol. The lowest BCUT2D eigenvalue weighted by atomic mass is 10.2. The number of hydrogen-bond acceptors (Lipinski definition) is 3. The summed E-state index contributed by atoms with van der Waals surface area (Å²) in [6, 6.07) is 15.3. The summed E-state index contributed by atoms with van der Waals surface area (Å²) in [6.07, 6.45) is 0. The van der Waals surface area contributed by atoms with Gasteiger partial charge >= 0.3 is 0 Å². The van der Waals surface area contributed by atoms with Gasteiger partial charge in [-0.3, -0.25) is 5.10 Å². The zero-order valence-electron chi connectivity index (χ0n) is 9.75. The van der Waals surface area contributed by atoms with Crippen molar-refractivity contribution < 1.29 is 0 Å². The van der Waals surface area contributed by atoms with Gasteiger partial charge in [-0.2, -0.15) is 0 Å². The first-order valence-corrected chi connectivity index (χ1v) is 6.40. The summed E-state index contributed by atoms with van der Waals surface area (Å²) in [4.78, 5) is 0. The van der Waals surface area contributed by atoms with Gasteiger partial charge in [0.25, 0.3) is 0 Å². The van der Waals surface area contributed by atoms with Crippen molar-refractivity contribution in [1.29, 1.82) is 0 Å². The Morgan fingerprint density at radius 2 is 1.84 bits per heavy atom. The zero-order chi connectivity index (χ0) is 13.2. The number of rotatable bonds is 2. The van der Waals surface area contributed by atoms with E-state index in [1.165, 1.54) is 0 Å². The van der Waals surface area contributed by atoms with Crippen molar-refractivity contribution in [3.05, 3.63) is 58.3 Å². The number of aromatic amines is 1. The first-order chi connectivity index (χ1) is 9.24. The molecule has 0 atom stereocenters. The molecule has 6 heteroatoms. The molecular formula is C13H9ClN4S. The fourth-order valence-electron chi connectivity index (χ4n) is 1.76. The van der Waals surface area contributed by atoms with E-state index in [2.05, 4.69) is 15.3 Å². The topological polar surface area (TPSA) is 46.5 Å². The molecule has 0 aliphatic heterocycles. The van der Waals surface area contributed by atoms with Crippen LogP contribution in [0.2, 0.25) is 5.15 Å². The van der Waals surface area contributed by atoms with Gasteiger partial charge in [0.1, 0.15) is 4.64 Å². The molecule has 3 aromatic rings. The molecule has 0 aliphatic rings. The molecule has 0 bridgehead atoms. The predicted octanol–water partition coefficient (Wildman–Crippen LogP) is 3.65. The van der Waals surface area contributed by atoms with Crippen molar-refractivity contribution >= 4 is 23.8 Å². The quantitative estimate of drug-likeness (QED) is 0.732. The Bertz CT molecular complexity index is 746. The molecule has 2 heterocycles. The first-order valence-electron chi connectivity index (χ1n) is 5.61. The van der Waals surface area contributed by atoms with Crippen LogP contribution in [0.5, 0.6) is 0 Å². The summed E-state index contributed by atoms with van der Waals surface area (Å²) in [5.41, 5.74) is 2.00. The number of nitrogens with zero attached hydrogens (tertiary/aromatic N) is 3. The highest BCUT2D eigenvalue weighted by atomic mass is 35.5. The van der Waals surface area contributed by atoms with E-state index >= 15 is 0 Å². The van der Waals surface area contributed by atoms with Crippen LogP contribution in [-0.4, -0.2) is 20.0 Å². The van der Waals surface area contributed by atoms with Crippen LogP contribution in [0, 0.1) is 4.64 Å². The summed E-state index contributed by atoms with van der Waals surface area (Å²) < 4.78 is 2.33. The maximum atomic E-state index is 5.72. The van der Waals surface area contributed by atoms with Gasteiger partial charge in [0.05, 0.1) is 5.69 Å². The number of hydrogen-bond donors (Lipinski definition) is 1. The molecule has 0 fully saturated rings.